The van der Waals surface area contributed by atoms with Crippen LogP contribution in [0.15, 0.2) is 71.5 Å². The second kappa shape index (κ2) is 10.8. The molecule has 0 aliphatic heterocycles. The summed E-state index contributed by atoms with van der Waals surface area (Å²) in [6.45, 7) is 9.73. The third-order valence-corrected chi connectivity index (χ3v) is 6.69. The van der Waals surface area contributed by atoms with Crippen molar-refractivity contribution in [2.24, 2.45) is 0 Å². The molecule has 0 unspecified atom stereocenters. The molecule has 7 heteroatoms. The fourth-order valence-electron chi connectivity index (χ4n) is 4.63. The largest absolute Gasteiger partial charge is 0.457 e. The van der Waals surface area contributed by atoms with E-state index < -0.39 is 22.9 Å². The predicted molar refractivity (Wildman–Crippen MR) is 146 cm³/mol. The second-order valence-electron chi connectivity index (χ2n) is 10.1. The Hall–Kier alpha value is -4.31. The van der Waals surface area contributed by atoms with Crippen LogP contribution in [0.1, 0.15) is 58.7 Å². The first-order valence-electron chi connectivity index (χ1n) is 12.6. The number of aryl methyl sites for hydroxylation is 3. The zero-order chi connectivity index (χ0) is 28.5. The van der Waals surface area contributed by atoms with E-state index in [0.29, 0.717) is 17.1 Å². The molecule has 0 radical (unpaired) electrons. The smallest absolute Gasteiger partial charge is 0.417 e. The van der Waals surface area contributed by atoms with Crippen molar-refractivity contribution in [3.63, 3.8) is 0 Å². The number of alkyl halides is 3. The summed E-state index contributed by atoms with van der Waals surface area (Å²) in [6, 6.07) is 20.8. The van der Waals surface area contributed by atoms with Gasteiger partial charge in [0.2, 0.25) is 0 Å². The van der Waals surface area contributed by atoms with Crippen LogP contribution in [-0.4, -0.2) is 4.57 Å². The summed E-state index contributed by atoms with van der Waals surface area (Å²) in [5.41, 5.74) is 1.87. The highest BCUT2D eigenvalue weighted by Gasteiger charge is 2.36. The minimum atomic E-state index is -4.87. The number of hydrogen-bond acceptors (Lipinski definition) is 3. The minimum absolute atomic E-state index is 0.0195. The van der Waals surface area contributed by atoms with Crippen LogP contribution in [0.4, 0.5) is 13.2 Å². The van der Waals surface area contributed by atoms with Crippen molar-refractivity contribution >= 4 is 0 Å². The molecule has 4 nitrogen and oxygen atoms in total. The molecule has 0 aliphatic rings. The van der Waals surface area contributed by atoms with Gasteiger partial charge in [-0.15, -0.1) is 0 Å². The summed E-state index contributed by atoms with van der Waals surface area (Å²) >= 11 is 0. The summed E-state index contributed by atoms with van der Waals surface area (Å²) in [4.78, 5) is 13.4. The third kappa shape index (κ3) is 5.91. The normalized spacial score (nSPS) is 11.5. The Morgan fingerprint density at radius 2 is 1.67 bits per heavy atom. The van der Waals surface area contributed by atoms with E-state index in [-0.39, 0.29) is 18.2 Å². The van der Waals surface area contributed by atoms with E-state index in [1.807, 2.05) is 77.1 Å². The van der Waals surface area contributed by atoms with E-state index in [1.165, 1.54) is 10.6 Å². The van der Waals surface area contributed by atoms with Gasteiger partial charge in [0.25, 0.3) is 5.56 Å². The maximum atomic E-state index is 14.0. The molecule has 1 heterocycles. The SMILES string of the molecule is Cc1cccc(Oc2ccc(-c3cc(C(F)(F)F)c(C#N)c(=O)n3Cc3ccc(C)cc3C)cc2C(C)C)c1. The number of halogens is 3. The number of benzene rings is 3. The number of nitrogens with zero attached hydrogens (tertiary/aromatic N) is 2. The van der Waals surface area contributed by atoms with Crippen LogP contribution in [0.3, 0.4) is 0 Å². The molecule has 4 aromatic rings. The standard InChI is InChI=1S/C32H29F3N2O2/c1-19(2)26-15-23(11-12-30(26)39-25-8-6-7-20(3)14-25)29-16-28(32(33,34)35)27(17-36)31(38)37(29)18-24-10-9-21(4)13-22(24)5/h6-16,19H,18H2,1-5H3. The maximum absolute atomic E-state index is 14.0. The van der Waals surface area contributed by atoms with Crippen molar-refractivity contribution < 1.29 is 17.9 Å². The van der Waals surface area contributed by atoms with Crippen LogP contribution < -0.4 is 10.3 Å². The molecule has 0 bridgehead atoms. The highest BCUT2D eigenvalue weighted by molar-refractivity contribution is 5.66. The molecule has 200 valence electrons. The molecule has 4 rings (SSSR count). The van der Waals surface area contributed by atoms with Gasteiger partial charge in [0.1, 0.15) is 23.1 Å². The van der Waals surface area contributed by atoms with E-state index in [9.17, 15) is 23.2 Å². The first-order chi connectivity index (χ1) is 18.4. The summed E-state index contributed by atoms with van der Waals surface area (Å²) in [5.74, 6) is 1.20. The molecule has 0 aliphatic carbocycles. The summed E-state index contributed by atoms with van der Waals surface area (Å²) in [7, 11) is 0. The lowest BCUT2D eigenvalue weighted by molar-refractivity contribution is -0.137. The monoisotopic (exact) mass is 530 g/mol. The van der Waals surface area contributed by atoms with E-state index in [4.69, 9.17) is 4.74 Å². The highest BCUT2D eigenvalue weighted by atomic mass is 19.4. The van der Waals surface area contributed by atoms with Crippen molar-refractivity contribution in [2.75, 3.05) is 0 Å². The zero-order valence-electron chi connectivity index (χ0n) is 22.5. The number of aromatic nitrogens is 1. The topological polar surface area (TPSA) is 55.0 Å². The number of hydrogen-bond donors (Lipinski definition) is 0. The molecule has 0 N–H and O–H groups in total. The Morgan fingerprint density at radius 3 is 2.28 bits per heavy atom. The molecule has 0 saturated carbocycles. The highest BCUT2D eigenvalue weighted by Crippen LogP contribution is 2.37. The van der Waals surface area contributed by atoms with Gasteiger partial charge in [-0.1, -0.05) is 49.7 Å². The van der Waals surface area contributed by atoms with E-state index >= 15 is 0 Å². The zero-order valence-corrected chi connectivity index (χ0v) is 22.5. The summed E-state index contributed by atoms with van der Waals surface area (Å²) < 4.78 is 49.4. The average molecular weight is 531 g/mol. The Kier molecular flexibility index (Phi) is 7.69. The molecule has 1 aromatic heterocycles. The van der Waals surface area contributed by atoms with Crippen molar-refractivity contribution in [3.05, 3.63) is 116 Å². The Bertz CT molecular complexity index is 1640. The van der Waals surface area contributed by atoms with Gasteiger partial charge in [-0.05, 0) is 90.9 Å². The first-order valence-corrected chi connectivity index (χ1v) is 12.6. The Balaban J connectivity index is 1.94. The number of rotatable bonds is 6. The van der Waals surface area contributed by atoms with Gasteiger partial charge in [-0.2, -0.15) is 18.4 Å². The summed E-state index contributed by atoms with van der Waals surface area (Å²) in [5, 5.41) is 9.54. The van der Waals surface area contributed by atoms with E-state index in [2.05, 4.69) is 0 Å². The predicted octanol–water partition coefficient (Wildman–Crippen LogP) is 8.30. The fraction of sp³-hybridized carbons (Fsp3) is 0.250. The van der Waals surface area contributed by atoms with Gasteiger partial charge in [0.15, 0.2) is 0 Å². The average Bonchev–Trinajstić information content (AvgIpc) is 2.86. The molecule has 3 aromatic carbocycles. The van der Waals surface area contributed by atoms with Crippen LogP contribution in [0, 0.1) is 32.1 Å². The first kappa shape index (κ1) is 27.7. The lowest BCUT2D eigenvalue weighted by atomic mass is 9.96. The van der Waals surface area contributed by atoms with Gasteiger partial charge in [-0.3, -0.25) is 4.79 Å². The molecule has 0 saturated heterocycles. The fourth-order valence-corrected chi connectivity index (χ4v) is 4.63. The quantitative estimate of drug-likeness (QED) is 0.252. The summed E-state index contributed by atoms with van der Waals surface area (Å²) in [6.07, 6.45) is -4.87. The molecular weight excluding hydrogens is 501 g/mol. The Morgan fingerprint density at radius 1 is 0.949 bits per heavy atom. The van der Waals surface area contributed by atoms with Crippen LogP contribution >= 0.6 is 0 Å². The van der Waals surface area contributed by atoms with Crippen molar-refractivity contribution in [2.45, 2.75) is 53.3 Å². The number of ether oxygens (including phenoxy) is 1. The second-order valence-corrected chi connectivity index (χ2v) is 10.1. The van der Waals surface area contributed by atoms with Gasteiger partial charge in [-0.25, -0.2) is 0 Å². The van der Waals surface area contributed by atoms with Crippen molar-refractivity contribution in [3.8, 4) is 28.8 Å². The van der Waals surface area contributed by atoms with E-state index in [1.54, 1.807) is 18.2 Å². The molecule has 0 atom stereocenters. The number of pyridine rings is 1. The van der Waals surface area contributed by atoms with Crippen LogP contribution in [-0.2, 0) is 12.7 Å². The van der Waals surface area contributed by atoms with Crippen LogP contribution in [0.25, 0.3) is 11.3 Å². The number of nitriles is 1. The van der Waals surface area contributed by atoms with E-state index in [0.717, 1.165) is 33.9 Å². The van der Waals surface area contributed by atoms with Crippen molar-refractivity contribution in [1.82, 2.24) is 4.57 Å². The molecule has 0 fully saturated rings. The van der Waals surface area contributed by atoms with Crippen LogP contribution in [0.5, 0.6) is 11.5 Å². The van der Waals surface area contributed by atoms with Gasteiger partial charge >= 0.3 is 6.18 Å². The van der Waals surface area contributed by atoms with Gasteiger partial charge in [0.05, 0.1) is 17.8 Å². The Labute approximate surface area is 225 Å². The molecule has 0 spiro atoms. The molecule has 0 amide bonds. The van der Waals surface area contributed by atoms with Crippen LogP contribution in [0.2, 0.25) is 0 Å². The molecular formula is C32H29F3N2O2. The maximum Gasteiger partial charge on any atom is 0.417 e. The minimum Gasteiger partial charge on any atom is -0.457 e. The molecule has 39 heavy (non-hydrogen) atoms. The third-order valence-electron chi connectivity index (χ3n) is 6.69. The van der Waals surface area contributed by atoms with Gasteiger partial charge < -0.3 is 9.30 Å². The van der Waals surface area contributed by atoms with Gasteiger partial charge in [0, 0.05) is 0 Å². The lowest BCUT2D eigenvalue weighted by Gasteiger charge is -2.20. The van der Waals surface area contributed by atoms with Crippen molar-refractivity contribution in [1.29, 1.82) is 5.26 Å². The lowest BCUT2D eigenvalue weighted by Crippen LogP contribution is -2.29.